The molecule has 0 aliphatic carbocycles. The number of urea groups is 1. The minimum Gasteiger partial charge on any atom is -0.490 e. The number of aromatic nitrogens is 2. The molecule has 1 aliphatic rings. The first-order valence-corrected chi connectivity index (χ1v) is 9.60. The summed E-state index contributed by atoms with van der Waals surface area (Å²) in [6.07, 6.45) is 5.51. The third kappa shape index (κ3) is 4.71. The van der Waals surface area contributed by atoms with Crippen LogP contribution in [-0.4, -0.2) is 39.9 Å². The number of ether oxygens (including phenoxy) is 1. The summed E-state index contributed by atoms with van der Waals surface area (Å²) in [6, 6.07) is 19.6. The molecule has 1 N–H and O–H groups in total. The Bertz CT molecular complexity index is 888. The Hall–Kier alpha value is -3.28. The summed E-state index contributed by atoms with van der Waals surface area (Å²) >= 11 is 0. The second kappa shape index (κ2) is 8.61. The number of nitrogens with one attached hydrogen (secondary N) is 1. The number of hydrogen-bond donors (Lipinski definition) is 1. The minimum absolute atomic E-state index is 0.0607. The van der Waals surface area contributed by atoms with Gasteiger partial charge in [-0.15, -0.1) is 0 Å². The first-order chi connectivity index (χ1) is 13.8. The van der Waals surface area contributed by atoms with Crippen LogP contribution in [0.3, 0.4) is 0 Å². The molecule has 0 spiro atoms. The number of hydrogen-bond acceptors (Lipinski definition) is 3. The van der Waals surface area contributed by atoms with E-state index in [2.05, 4.69) is 10.4 Å². The predicted molar refractivity (Wildman–Crippen MR) is 108 cm³/mol. The summed E-state index contributed by atoms with van der Waals surface area (Å²) < 4.78 is 7.86. The van der Waals surface area contributed by atoms with Crippen molar-refractivity contribution in [1.29, 1.82) is 0 Å². The molecule has 4 rings (SSSR count). The monoisotopic (exact) mass is 376 g/mol. The van der Waals surface area contributed by atoms with Crippen LogP contribution in [0.2, 0.25) is 0 Å². The van der Waals surface area contributed by atoms with Gasteiger partial charge in [0.05, 0.1) is 6.54 Å². The van der Waals surface area contributed by atoms with E-state index in [0.717, 1.165) is 29.8 Å². The van der Waals surface area contributed by atoms with Gasteiger partial charge in [0.1, 0.15) is 11.9 Å². The zero-order valence-corrected chi connectivity index (χ0v) is 15.7. The lowest BCUT2D eigenvalue weighted by Gasteiger charge is -2.32. The van der Waals surface area contributed by atoms with Crippen molar-refractivity contribution in [3.05, 3.63) is 78.6 Å². The summed E-state index contributed by atoms with van der Waals surface area (Å²) in [6.45, 7) is 2.06. The Balaban J connectivity index is 1.29. The molecule has 1 fully saturated rings. The van der Waals surface area contributed by atoms with Crippen molar-refractivity contribution >= 4 is 11.7 Å². The molecule has 1 aliphatic heterocycles. The normalized spacial score (nSPS) is 14.6. The van der Waals surface area contributed by atoms with E-state index in [1.54, 1.807) is 6.20 Å². The maximum absolute atomic E-state index is 12.6. The van der Waals surface area contributed by atoms with E-state index >= 15 is 0 Å². The number of carbonyl (C=O) groups is 1. The van der Waals surface area contributed by atoms with Gasteiger partial charge in [-0.05, 0) is 35.9 Å². The molecule has 28 heavy (non-hydrogen) atoms. The van der Waals surface area contributed by atoms with Gasteiger partial charge in [0, 0.05) is 44.0 Å². The number of rotatable bonds is 5. The number of likely N-dealkylation sites (tertiary alicyclic amines) is 1. The Morgan fingerprint density at radius 2 is 1.89 bits per heavy atom. The largest absolute Gasteiger partial charge is 0.490 e. The molecule has 1 aromatic heterocycles. The van der Waals surface area contributed by atoms with Crippen molar-refractivity contribution in [3.63, 3.8) is 0 Å². The number of piperidine rings is 1. The molecular formula is C22H24N4O2. The van der Waals surface area contributed by atoms with E-state index in [4.69, 9.17) is 4.74 Å². The van der Waals surface area contributed by atoms with Crippen molar-refractivity contribution in [2.75, 3.05) is 18.4 Å². The predicted octanol–water partition coefficient (Wildman–Crippen LogP) is 4.01. The quantitative estimate of drug-likeness (QED) is 0.732. The standard InChI is InChI=1S/C22H24N4O2/c27-22(24-19-7-4-6-18(16-19)17-26-13-5-12-23-26)25-14-10-21(11-15-25)28-20-8-2-1-3-9-20/h1-9,12-13,16,21H,10-11,14-15,17H2,(H,24,27). The molecule has 2 amide bonds. The van der Waals surface area contributed by atoms with Crippen LogP contribution in [0.25, 0.3) is 0 Å². The lowest BCUT2D eigenvalue weighted by molar-refractivity contribution is 0.115. The molecule has 6 nitrogen and oxygen atoms in total. The van der Waals surface area contributed by atoms with Crippen LogP contribution in [0.15, 0.2) is 73.1 Å². The third-order valence-electron chi connectivity index (χ3n) is 4.86. The minimum atomic E-state index is -0.0607. The highest BCUT2D eigenvalue weighted by molar-refractivity contribution is 5.89. The van der Waals surface area contributed by atoms with Crippen molar-refractivity contribution in [3.8, 4) is 5.75 Å². The molecule has 1 saturated heterocycles. The van der Waals surface area contributed by atoms with Gasteiger partial charge < -0.3 is 15.0 Å². The average Bonchev–Trinajstić information content (AvgIpc) is 3.23. The number of anilines is 1. The average molecular weight is 376 g/mol. The maximum atomic E-state index is 12.6. The van der Waals surface area contributed by atoms with E-state index in [1.807, 2.05) is 76.4 Å². The Morgan fingerprint density at radius 3 is 2.64 bits per heavy atom. The highest BCUT2D eigenvalue weighted by Crippen LogP contribution is 2.20. The second-order valence-corrected chi connectivity index (χ2v) is 6.95. The molecule has 0 saturated carbocycles. The Kier molecular flexibility index (Phi) is 5.56. The third-order valence-corrected chi connectivity index (χ3v) is 4.86. The van der Waals surface area contributed by atoms with Gasteiger partial charge in [-0.2, -0.15) is 5.10 Å². The first kappa shape index (κ1) is 18.1. The van der Waals surface area contributed by atoms with E-state index in [-0.39, 0.29) is 12.1 Å². The maximum Gasteiger partial charge on any atom is 0.321 e. The molecule has 144 valence electrons. The fraction of sp³-hybridized carbons (Fsp3) is 0.273. The fourth-order valence-electron chi connectivity index (χ4n) is 3.40. The SMILES string of the molecule is O=C(Nc1cccc(Cn2cccn2)c1)N1CCC(Oc2ccccc2)CC1. The van der Waals surface area contributed by atoms with Gasteiger partial charge in [0.15, 0.2) is 0 Å². The van der Waals surface area contributed by atoms with Crippen molar-refractivity contribution in [1.82, 2.24) is 14.7 Å². The van der Waals surface area contributed by atoms with Crippen molar-refractivity contribution in [2.45, 2.75) is 25.5 Å². The summed E-state index contributed by atoms with van der Waals surface area (Å²) in [5, 5.41) is 7.23. The molecule has 0 radical (unpaired) electrons. The molecule has 2 aromatic carbocycles. The summed E-state index contributed by atoms with van der Waals surface area (Å²) in [5.41, 5.74) is 1.90. The van der Waals surface area contributed by atoms with Gasteiger partial charge in [-0.25, -0.2) is 4.79 Å². The van der Waals surface area contributed by atoms with Crippen LogP contribution >= 0.6 is 0 Å². The molecule has 6 heteroatoms. The molecular weight excluding hydrogens is 352 g/mol. The van der Waals surface area contributed by atoms with Crippen molar-refractivity contribution in [2.24, 2.45) is 0 Å². The van der Waals surface area contributed by atoms with E-state index in [0.29, 0.717) is 19.6 Å². The van der Waals surface area contributed by atoms with Crippen LogP contribution in [0.1, 0.15) is 18.4 Å². The molecule has 0 unspecified atom stereocenters. The van der Waals surface area contributed by atoms with Crippen LogP contribution < -0.4 is 10.1 Å². The highest BCUT2D eigenvalue weighted by atomic mass is 16.5. The molecule has 0 bridgehead atoms. The van der Waals surface area contributed by atoms with Gasteiger partial charge >= 0.3 is 6.03 Å². The lowest BCUT2D eigenvalue weighted by Crippen LogP contribution is -2.43. The topological polar surface area (TPSA) is 59.4 Å². The number of para-hydroxylation sites is 1. The molecule has 3 aromatic rings. The van der Waals surface area contributed by atoms with Gasteiger partial charge in [-0.1, -0.05) is 30.3 Å². The highest BCUT2D eigenvalue weighted by Gasteiger charge is 2.24. The number of benzene rings is 2. The van der Waals surface area contributed by atoms with Gasteiger partial charge in [0.25, 0.3) is 0 Å². The van der Waals surface area contributed by atoms with Gasteiger partial charge in [0.2, 0.25) is 0 Å². The molecule has 0 atom stereocenters. The van der Waals surface area contributed by atoms with E-state index in [1.165, 1.54) is 0 Å². The van der Waals surface area contributed by atoms with Crippen molar-refractivity contribution < 1.29 is 9.53 Å². The summed E-state index contributed by atoms with van der Waals surface area (Å²) in [4.78, 5) is 14.5. The van der Waals surface area contributed by atoms with E-state index in [9.17, 15) is 4.79 Å². The second-order valence-electron chi connectivity index (χ2n) is 6.95. The van der Waals surface area contributed by atoms with Gasteiger partial charge in [-0.3, -0.25) is 4.68 Å². The van der Waals surface area contributed by atoms with Crippen LogP contribution in [0, 0.1) is 0 Å². The fourth-order valence-corrected chi connectivity index (χ4v) is 3.40. The molecule has 2 heterocycles. The lowest BCUT2D eigenvalue weighted by atomic mass is 10.1. The number of amides is 2. The Morgan fingerprint density at radius 1 is 1.07 bits per heavy atom. The first-order valence-electron chi connectivity index (χ1n) is 9.60. The number of carbonyl (C=O) groups excluding carboxylic acids is 1. The number of nitrogens with zero attached hydrogens (tertiary/aromatic N) is 3. The van der Waals surface area contributed by atoms with Crippen LogP contribution in [0.4, 0.5) is 10.5 Å². The Labute approximate surface area is 164 Å². The van der Waals surface area contributed by atoms with Crippen LogP contribution in [-0.2, 0) is 6.54 Å². The summed E-state index contributed by atoms with van der Waals surface area (Å²) in [5.74, 6) is 0.888. The zero-order chi connectivity index (χ0) is 19.2. The van der Waals surface area contributed by atoms with E-state index < -0.39 is 0 Å². The smallest absolute Gasteiger partial charge is 0.321 e. The van der Waals surface area contributed by atoms with Crippen LogP contribution in [0.5, 0.6) is 5.75 Å². The summed E-state index contributed by atoms with van der Waals surface area (Å²) in [7, 11) is 0. The zero-order valence-electron chi connectivity index (χ0n) is 15.7.